The number of benzene rings is 2. The summed E-state index contributed by atoms with van der Waals surface area (Å²) in [5.74, 6) is 0. The van der Waals surface area contributed by atoms with Crippen LogP contribution in [0.25, 0.3) is 16.9 Å². The van der Waals surface area contributed by atoms with Crippen LogP contribution in [0.15, 0.2) is 42.6 Å². The normalized spacial score (nSPS) is 10.8. The average Bonchev–Trinajstić information content (AvgIpc) is 2.87. The van der Waals surface area contributed by atoms with Crippen LogP contribution in [0.4, 0.5) is 5.69 Å². The van der Waals surface area contributed by atoms with Gasteiger partial charge >= 0.3 is 0 Å². The number of halogens is 1. The first kappa shape index (κ1) is 13.6. The van der Waals surface area contributed by atoms with Crippen LogP contribution in [0, 0.1) is 13.8 Å². The maximum atomic E-state index is 6.20. The van der Waals surface area contributed by atoms with Crippen LogP contribution in [0.3, 0.4) is 0 Å². The predicted molar refractivity (Wildman–Crippen MR) is 85.7 cm³/mol. The number of hydrogen-bond acceptors (Lipinski definition) is 3. The van der Waals surface area contributed by atoms with Gasteiger partial charge < -0.3 is 5.73 Å². The van der Waals surface area contributed by atoms with Gasteiger partial charge in [0.2, 0.25) is 0 Å². The Hall–Kier alpha value is -2.33. The van der Waals surface area contributed by atoms with Crippen LogP contribution in [0.1, 0.15) is 11.1 Å². The fourth-order valence-electron chi connectivity index (χ4n) is 2.31. The summed E-state index contributed by atoms with van der Waals surface area (Å²) in [6, 6.07) is 11.6. The van der Waals surface area contributed by atoms with Crippen LogP contribution in [-0.2, 0) is 0 Å². The summed E-state index contributed by atoms with van der Waals surface area (Å²) < 4.78 is 1.66. The maximum Gasteiger partial charge on any atom is 0.113 e. The fourth-order valence-corrected chi connectivity index (χ4v) is 2.59. The first-order valence-electron chi connectivity index (χ1n) is 6.60. The van der Waals surface area contributed by atoms with Crippen molar-refractivity contribution in [2.75, 3.05) is 5.73 Å². The second-order valence-electron chi connectivity index (χ2n) is 5.08. The van der Waals surface area contributed by atoms with E-state index in [4.69, 9.17) is 17.3 Å². The lowest BCUT2D eigenvalue weighted by molar-refractivity contribution is 0.804. The van der Waals surface area contributed by atoms with Crippen molar-refractivity contribution >= 4 is 17.3 Å². The summed E-state index contributed by atoms with van der Waals surface area (Å²) in [4.78, 5) is 0. The van der Waals surface area contributed by atoms with E-state index >= 15 is 0 Å². The molecule has 0 aliphatic heterocycles. The molecule has 1 heterocycles. The Morgan fingerprint density at radius 2 is 1.90 bits per heavy atom. The van der Waals surface area contributed by atoms with Crippen LogP contribution in [0.2, 0.25) is 5.02 Å². The molecule has 21 heavy (non-hydrogen) atoms. The molecule has 0 bridgehead atoms. The number of nitrogens with two attached hydrogens (primary N) is 1. The molecule has 2 N–H and O–H groups in total. The number of rotatable bonds is 2. The smallest absolute Gasteiger partial charge is 0.113 e. The Morgan fingerprint density at radius 1 is 1.10 bits per heavy atom. The van der Waals surface area contributed by atoms with Crippen molar-refractivity contribution in [1.82, 2.24) is 15.0 Å². The van der Waals surface area contributed by atoms with Gasteiger partial charge in [0.1, 0.15) is 5.69 Å². The standard InChI is InChI=1S/C16H15ClN4/c1-10-3-5-13(11(2)7-10)15-9-21(20-19-15)16-6-4-12(18)8-14(16)17/h3-9H,18H2,1-2H3. The molecule has 4 nitrogen and oxygen atoms in total. The lowest BCUT2D eigenvalue weighted by Gasteiger charge is -2.04. The molecular formula is C16H15ClN4. The van der Waals surface area contributed by atoms with Gasteiger partial charge in [-0.05, 0) is 37.6 Å². The number of aryl methyl sites for hydroxylation is 2. The molecule has 0 spiro atoms. The van der Waals surface area contributed by atoms with Crippen molar-refractivity contribution < 1.29 is 0 Å². The number of hydrogen-bond donors (Lipinski definition) is 1. The second-order valence-corrected chi connectivity index (χ2v) is 5.48. The van der Waals surface area contributed by atoms with Gasteiger partial charge in [0.25, 0.3) is 0 Å². The maximum absolute atomic E-state index is 6.20. The van der Waals surface area contributed by atoms with Crippen molar-refractivity contribution in [3.8, 4) is 16.9 Å². The molecule has 2 aromatic carbocycles. The van der Waals surface area contributed by atoms with Gasteiger partial charge in [-0.25, -0.2) is 4.68 Å². The quantitative estimate of drug-likeness (QED) is 0.732. The van der Waals surface area contributed by atoms with Crippen LogP contribution >= 0.6 is 11.6 Å². The van der Waals surface area contributed by atoms with Crippen molar-refractivity contribution in [2.45, 2.75) is 13.8 Å². The Balaban J connectivity index is 2.03. The summed E-state index contributed by atoms with van der Waals surface area (Å²) >= 11 is 6.20. The van der Waals surface area contributed by atoms with E-state index in [0.717, 1.165) is 16.9 Å². The number of nitrogens with zero attached hydrogens (tertiary/aromatic N) is 3. The summed E-state index contributed by atoms with van der Waals surface area (Å²) in [6.45, 7) is 4.14. The molecular weight excluding hydrogens is 284 g/mol. The van der Waals surface area contributed by atoms with Gasteiger partial charge in [-0.15, -0.1) is 5.10 Å². The Labute approximate surface area is 128 Å². The fraction of sp³-hybridized carbons (Fsp3) is 0.125. The Bertz CT molecular complexity index is 742. The zero-order valence-corrected chi connectivity index (χ0v) is 12.6. The third kappa shape index (κ3) is 2.62. The largest absolute Gasteiger partial charge is 0.399 e. The van der Waals surface area contributed by atoms with E-state index in [1.807, 2.05) is 12.3 Å². The van der Waals surface area contributed by atoms with Crippen LogP contribution in [0.5, 0.6) is 0 Å². The van der Waals surface area contributed by atoms with Crippen molar-refractivity contribution in [2.24, 2.45) is 0 Å². The van der Waals surface area contributed by atoms with Crippen molar-refractivity contribution in [1.29, 1.82) is 0 Å². The molecule has 0 atom stereocenters. The van der Waals surface area contributed by atoms with Gasteiger partial charge in [0.05, 0.1) is 16.9 Å². The van der Waals surface area contributed by atoms with Crippen molar-refractivity contribution in [3.05, 3.63) is 58.7 Å². The molecule has 3 aromatic rings. The van der Waals surface area contributed by atoms with E-state index in [9.17, 15) is 0 Å². The number of anilines is 1. The van der Waals surface area contributed by atoms with E-state index in [-0.39, 0.29) is 0 Å². The van der Waals surface area contributed by atoms with Gasteiger partial charge in [-0.2, -0.15) is 0 Å². The molecule has 0 aliphatic rings. The van der Waals surface area contributed by atoms with E-state index in [1.54, 1.807) is 16.8 Å². The molecule has 1 aromatic heterocycles. The molecule has 0 aliphatic carbocycles. The summed E-state index contributed by atoms with van der Waals surface area (Å²) in [5, 5.41) is 8.95. The SMILES string of the molecule is Cc1ccc(-c2cn(-c3ccc(N)cc3Cl)nn2)c(C)c1. The zero-order valence-electron chi connectivity index (χ0n) is 11.8. The minimum absolute atomic E-state index is 0.548. The van der Waals surface area contributed by atoms with Gasteiger partial charge in [-0.1, -0.05) is 40.6 Å². The highest BCUT2D eigenvalue weighted by atomic mass is 35.5. The van der Waals surface area contributed by atoms with E-state index in [0.29, 0.717) is 10.7 Å². The van der Waals surface area contributed by atoms with Crippen LogP contribution in [-0.4, -0.2) is 15.0 Å². The molecule has 0 saturated heterocycles. The average molecular weight is 299 g/mol. The molecule has 3 rings (SSSR count). The minimum Gasteiger partial charge on any atom is -0.399 e. The molecule has 0 unspecified atom stereocenters. The lowest BCUT2D eigenvalue weighted by atomic mass is 10.0. The zero-order chi connectivity index (χ0) is 15.0. The predicted octanol–water partition coefficient (Wildman–Crippen LogP) is 3.79. The summed E-state index contributed by atoms with van der Waals surface area (Å²) in [6.07, 6.45) is 1.87. The van der Waals surface area contributed by atoms with Crippen LogP contribution < -0.4 is 5.73 Å². The lowest BCUT2D eigenvalue weighted by Crippen LogP contribution is -1.96. The molecule has 0 amide bonds. The summed E-state index contributed by atoms with van der Waals surface area (Å²) in [7, 11) is 0. The van der Waals surface area contributed by atoms with E-state index in [2.05, 4.69) is 42.4 Å². The highest BCUT2D eigenvalue weighted by Gasteiger charge is 2.10. The molecule has 106 valence electrons. The number of aromatic nitrogens is 3. The highest BCUT2D eigenvalue weighted by molar-refractivity contribution is 6.32. The third-order valence-corrected chi connectivity index (χ3v) is 3.67. The first-order valence-corrected chi connectivity index (χ1v) is 6.98. The summed E-state index contributed by atoms with van der Waals surface area (Å²) in [5.41, 5.74) is 11.4. The van der Waals surface area contributed by atoms with Gasteiger partial charge in [0, 0.05) is 11.3 Å². The van der Waals surface area contributed by atoms with E-state index < -0.39 is 0 Å². The number of nitrogen functional groups attached to an aromatic ring is 1. The third-order valence-electron chi connectivity index (χ3n) is 3.37. The highest BCUT2D eigenvalue weighted by Crippen LogP contribution is 2.26. The van der Waals surface area contributed by atoms with Gasteiger partial charge in [0.15, 0.2) is 0 Å². The van der Waals surface area contributed by atoms with Gasteiger partial charge in [-0.3, -0.25) is 0 Å². The first-order chi connectivity index (χ1) is 10.0. The molecule has 5 heteroatoms. The Kier molecular flexibility index (Phi) is 3.39. The van der Waals surface area contributed by atoms with E-state index in [1.165, 1.54) is 11.1 Å². The topological polar surface area (TPSA) is 56.7 Å². The molecule has 0 saturated carbocycles. The monoisotopic (exact) mass is 298 g/mol. The van der Waals surface area contributed by atoms with Crippen molar-refractivity contribution in [3.63, 3.8) is 0 Å². The molecule has 0 fully saturated rings. The Morgan fingerprint density at radius 3 is 2.62 bits per heavy atom. The molecule has 0 radical (unpaired) electrons. The second kappa shape index (κ2) is 5.22. The minimum atomic E-state index is 0.548.